The highest BCUT2D eigenvalue weighted by Crippen LogP contribution is 2.40. The van der Waals surface area contributed by atoms with Crippen molar-refractivity contribution in [3.8, 4) is 0 Å². The number of aliphatic hydroxyl groups is 1. The monoisotopic (exact) mass is 412 g/mol. The molecule has 2 amide bonds. The molecule has 1 aromatic heterocycles. The molecule has 0 spiro atoms. The van der Waals surface area contributed by atoms with E-state index in [4.69, 9.17) is 0 Å². The number of rotatable bonds is 4. The summed E-state index contributed by atoms with van der Waals surface area (Å²) >= 11 is 1.55. The Balaban J connectivity index is 1.67. The second-order valence-corrected chi connectivity index (χ2v) is 9.38. The lowest BCUT2D eigenvalue weighted by Gasteiger charge is -2.49. The molecule has 2 fully saturated rings. The molecule has 1 aliphatic heterocycles. The molecule has 2 N–H and O–H groups in total. The van der Waals surface area contributed by atoms with Crippen LogP contribution in [-0.2, 0) is 4.79 Å². The maximum Gasteiger partial charge on any atom is 0.254 e. The van der Waals surface area contributed by atoms with Crippen LogP contribution in [0.5, 0.6) is 0 Å². The van der Waals surface area contributed by atoms with Crippen LogP contribution in [0.25, 0.3) is 0 Å². The van der Waals surface area contributed by atoms with E-state index < -0.39 is 17.7 Å². The van der Waals surface area contributed by atoms with Gasteiger partial charge in [0.1, 0.15) is 0 Å². The van der Waals surface area contributed by atoms with Gasteiger partial charge in [-0.3, -0.25) is 9.59 Å². The van der Waals surface area contributed by atoms with E-state index in [9.17, 15) is 14.7 Å². The van der Waals surface area contributed by atoms with E-state index in [0.717, 1.165) is 30.6 Å². The van der Waals surface area contributed by atoms with Gasteiger partial charge in [0.15, 0.2) is 0 Å². The van der Waals surface area contributed by atoms with Crippen molar-refractivity contribution in [2.75, 3.05) is 6.54 Å². The number of hydrogen-bond acceptors (Lipinski definition) is 4. The molecule has 2 aliphatic rings. The summed E-state index contributed by atoms with van der Waals surface area (Å²) in [6, 6.07) is 12.2. The zero-order valence-electron chi connectivity index (χ0n) is 16.7. The summed E-state index contributed by atoms with van der Waals surface area (Å²) in [4.78, 5) is 29.1. The first-order valence-electron chi connectivity index (χ1n) is 10.4. The molecule has 1 saturated carbocycles. The molecule has 6 heteroatoms. The van der Waals surface area contributed by atoms with Gasteiger partial charge < -0.3 is 15.3 Å². The average Bonchev–Trinajstić information content (AvgIpc) is 3.43. The number of likely N-dealkylation sites (tertiary alicyclic amines) is 1. The fourth-order valence-electron chi connectivity index (χ4n) is 4.61. The molecule has 1 saturated heterocycles. The number of thiophene rings is 1. The molecule has 1 aromatic carbocycles. The minimum Gasteiger partial charge on any atom is -0.388 e. The Morgan fingerprint density at radius 3 is 2.52 bits per heavy atom. The minimum atomic E-state index is -1.09. The standard InChI is InChI=1S/C23H28N2O3S/c1-23(28)13-14-25(22(27)17-10-3-2-4-11-17)19(18-12-7-15-29-18)20(23)24-21(26)16-8-5-6-9-16/h2-4,7,10-12,15-16,19-20,28H,5-6,8-9,13-14H2,1H3,(H,24,26)/t19-,20-,23+/m0/s1. The van der Waals surface area contributed by atoms with Crippen LogP contribution in [0.1, 0.15) is 60.3 Å². The number of benzene rings is 1. The van der Waals surface area contributed by atoms with Crippen LogP contribution >= 0.6 is 11.3 Å². The van der Waals surface area contributed by atoms with E-state index in [-0.39, 0.29) is 17.7 Å². The molecule has 4 rings (SSSR count). The molecule has 2 heterocycles. The molecule has 0 bridgehead atoms. The van der Waals surface area contributed by atoms with Crippen molar-refractivity contribution >= 4 is 23.2 Å². The highest BCUT2D eigenvalue weighted by atomic mass is 32.1. The van der Waals surface area contributed by atoms with Gasteiger partial charge in [-0.05, 0) is 49.8 Å². The summed E-state index contributed by atoms with van der Waals surface area (Å²) in [5, 5.41) is 16.3. The van der Waals surface area contributed by atoms with Crippen molar-refractivity contribution < 1.29 is 14.7 Å². The lowest BCUT2D eigenvalue weighted by molar-refractivity contribution is -0.131. The van der Waals surface area contributed by atoms with Gasteiger partial charge >= 0.3 is 0 Å². The summed E-state index contributed by atoms with van der Waals surface area (Å²) in [6.07, 6.45) is 4.37. The third-order valence-electron chi connectivity index (χ3n) is 6.32. The minimum absolute atomic E-state index is 0.00309. The number of carbonyl (C=O) groups excluding carboxylic acids is 2. The predicted octanol–water partition coefficient (Wildman–Crippen LogP) is 3.76. The van der Waals surface area contributed by atoms with Crippen molar-refractivity contribution in [3.63, 3.8) is 0 Å². The highest BCUT2D eigenvalue weighted by Gasteiger charge is 2.48. The topological polar surface area (TPSA) is 69.6 Å². The zero-order valence-corrected chi connectivity index (χ0v) is 17.5. The predicted molar refractivity (Wildman–Crippen MR) is 114 cm³/mol. The van der Waals surface area contributed by atoms with Gasteiger partial charge in [0.05, 0.1) is 17.7 Å². The van der Waals surface area contributed by atoms with Gasteiger partial charge in [-0.1, -0.05) is 37.1 Å². The van der Waals surface area contributed by atoms with Crippen LogP contribution in [0.4, 0.5) is 0 Å². The Hall–Kier alpha value is -2.18. The van der Waals surface area contributed by atoms with Crippen LogP contribution in [0.15, 0.2) is 47.8 Å². The van der Waals surface area contributed by atoms with E-state index in [1.54, 1.807) is 18.3 Å². The summed E-state index contributed by atoms with van der Waals surface area (Å²) < 4.78 is 0. The number of piperidine rings is 1. The lowest BCUT2D eigenvalue weighted by atomic mass is 9.81. The third kappa shape index (κ3) is 4.09. The molecule has 3 atom stereocenters. The van der Waals surface area contributed by atoms with Gasteiger partial charge in [-0.25, -0.2) is 0 Å². The molecule has 5 nitrogen and oxygen atoms in total. The number of carbonyl (C=O) groups is 2. The second kappa shape index (κ2) is 8.28. The van der Waals surface area contributed by atoms with Gasteiger partial charge in [-0.2, -0.15) is 0 Å². The van der Waals surface area contributed by atoms with Crippen molar-refractivity contribution in [2.45, 2.75) is 56.7 Å². The number of nitrogens with zero attached hydrogens (tertiary/aromatic N) is 1. The maximum atomic E-state index is 13.3. The Morgan fingerprint density at radius 2 is 1.86 bits per heavy atom. The van der Waals surface area contributed by atoms with Crippen molar-refractivity contribution in [2.24, 2.45) is 5.92 Å². The molecule has 0 radical (unpaired) electrons. The van der Waals surface area contributed by atoms with Gasteiger partial charge in [-0.15, -0.1) is 11.3 Å². The van der Waals surface area contributed by atoms with Crippen molar-refractivity contribution in [3.05, 3.63) is 58.3 Å². The van der Waals surface area contributed by atoms with Crippen LogP contribution in [-0.4, -0.2) is 40.0 Å². The molecule has 154 valence electrons. The first-order valence-corrected chi connectivity index (χ1v) is 11.3. The number of amides is 2. The summed E-state index contributed by atoms with van der Waals surface area (Å²) in [5.41, 5.74) is -0.465. The maximum absolute atomic E-state index is 13.3. The molecular weight excluding hydrogens is 384 g/mol. The normalized spacial score (nSPS) is 27.7. The zero-order chi connectivity index (χ0) is 20.4. The molecule has 2 aromatic rings. The Kier molecular flexibility index (Phi) is 5.74. The summed E-state index contributed by atoms with van der Waals surface area (Å²) in [5.74, 6) is -0.0575. The van der Waals surface area contributed by atoms with Crippen LogP contribution in [0, 0.1) is 5.92 Å². The number of hydrogen-bond donors (Lipinski definition) is 2. The van der Waals surface area contributed by atoms with E-state index in [2.05, 4.69) is 5.32 Å². The Morgan fingerprint density at radius 1 is 1.14 bits per heavy atom. The van der Waals surface area contributed by atoms with Gasteiger partial charge in [0.2, 0.25) is 5.91 Å². The number of nitrogens with one attached hydrogen (secondary N) is 1. The fourth-order valence-corrected chi connectivity index (χ4v) is 5.48. The van der Waals surface area contributed by atoms with E-state index >= 15 is 0 Å². The van der Waals surface area contributed by atoms with E-state index in [0.29, 0.717) is 18.5 Å². The molecule has 0 unspecified atom stereocenters. The van der Waals surface area contributed by atoms with Crippen molar-refractivity contribution in [1.29, 1.82) is 0 Å². The van der Waals surface area contributed by atoms with Crippen LogP contribution in [0.2, 0.25) is 0 Å². The highest BCUT2D eigenvalue weighted by molar-refractivity contribution is 7.10. The largest absolute Gasteiger partial charge is 0.388 e. The molecular formula is C23H28N2O3S. The SMILES string of the molecule is C[C@@]1(O)CCN(C(=O)c2ccccc2)[C@@H](c2cccs2)[C@@H]1NC(=O)C1CCCC1. The first-order chi connectivity index (χ1) is 14.0. The fraction of sp³-hybridized carbons (Fsp3) is 0.478. The Bertz CT molecular complexity index is 844. The van der Waals surface area contributed by atoms with Gasteiger partial charge in [0, 0.05) is 22.9 Å². The smallest absolute Gasteiger partial charge is 0.254 e. The molecule has 1 aliphatic carbocycles. The average molecular weight is 413 g/mol. The second-order valence-electron chi connectivity index (χ2n) is 8.40. The molecule has 29 heavy (non-hydrogen) atoms. The lowest BCUT2D eigenvalue weighted by Crippen LogP contribution is -2.63. The summed E-state index contributed by atoms with van der Waals surface area (Å²) in [6.45, 7) is 2.22. The van der Waals surface area contributed by atoms with Crippen LogP contribution < -0.4 is 5.32 Å². The van der Waals surface area contributed by atoms with E-state index in [1.165, 1.54) is 0 Å². The van der Waals surface area contributed by atoms with Crippen molar-refractivity contribution in [1.82, 2.24) is 10.2 Å². The third-order valence-corrected chi connectivity index (χ3v) is 7.26. The van der Waals surface area contributed by atoms with Gasteiger partial charge in [0.25, 0.3) is 5.91 Å². The van der Waals surface area contributed by atoms with E-state index in [1.807, 2.05) is 52.7 Å². The van der Waals surface area contributed by atoms with Crippen LogP contribution in [0.3, 0.4) is 0 Å². The quantitative estimate of drug-likeness (QED) is 0.803. The summed E-state index contributed by atoms with van der Waals surface area (Å²) in [7, 11) is 0. The Labute approximate surface area is 175 Å². The first kappa shape index (κ1) is 20.1.